The van der Waals surface area contributed by atoms with E-state index in [4.69, 9.17) is 15.7 Å². The molecule has 0 nitrogen and oxygen atoms in total. The third kappa shape index (κ3) is 4.13. The third-order valence-corrected chi connectivity index (χ3v) is 0.372. The van der Waals surface area contributed by atoms with Crippen molar-refractivity contribution in [2.24, 2.45) is 0 Å². The molecule has 0 saturated heterocycles. The zero-order valence-electron chi connectivity index (χ0n) is 3.44. The van der Waals surface area contributed by atoms with E-state index in [0.29, 0.717) is 6.32 Å². The minimum atomic E-state index is 0.162. The maximum absolute atomic E-state index is 5.17. The van der Waals surface area contributed by atoms with Gasteiger partial charge < -0.3 is 0 Å². The van der Waals surface area contributed by atoms with Gasteiger partial charge in [0.05, 0.1) is 15.7 Å². The quantitative estimate of drug-likeness (QED) is 0.390. The summed E-state index contributed by atoms with van der Waals surface area (Å²) in [6.07, 6.45) is 0.583. The summed E-state index contributed by atoms with van der Waals surface area (Å²) in [7, 11) is 10.2. The Hall–Kier alpha value is 0.130. The molecule has 24 valence electrons. The van der Waals surface area contributed by atoms with Gasteiger partial charge in [0.2, 0.25) is 0 Å². The number of hydrogen-bond donors (Lipinski definition) is 0. The Labute approximate surface area is 35.8 Å². The molecule has 0 aromatic heterocycles. The Balaban J connectivity index is 2.54. The molecular weight excluding hydrogens is 57.7 g/mol. The van der Waals surface area contributed by atoms with Crippen LogP contribution in [0.15, 0.2) is 0 Å². The molecular formula is C3H6B2. The molecule has 0 rings (SSSR count). The number of rotatable bonds is 1. The van der Waals surface area contributed by atoms with Gasteiger partial charge in [0, 0.05) is 0 Å². The molecule has 0 amide bonds. The summed E-state index contributed by atoms with van der Waals surface area (Å²) in [5, 5.41) is 0. The van der Waals surface area contributed by atoms with Gasteiger partial charge in [-0.15, -0.1) is 0 Å². The SMILES string of the molecule is [B]C[C@H]([B])C. The summed E-state index contributed by atoms with van der Waals surface area (Å²) >= 11 is 0. The van der Waals surface area contributed by atoms with E-state index >= 15 is 0 Å². The van der Waals surface area contributed by atoms with Crippen LogP contribution >= 0.6 is 0 Å². The first kappa shape index (κ1) is 5.13. The van der Waals surface area contributed by atoms with Crippen molar-refractivity contribution in [2.75, 3.05) is 0 Å². The van der Waals surface area contributed by atoms with Crippen LogP contribution in [0.25, 0.3) is 0 Å². The Morgan fingerprint density at radius 2 is 2.00 bits per heavy atom. The smallest absolute Gasteiger partial charge is 0.0685 e. The topological polar surface area (TPSA) is 0 Å². The van der Waals surface area contributed by atoms with Gasteiger partial charge in [0.1, 0.15) is 0 Å². The van der Waals surface area contributed by atoms with Gasteiger partial charge in [-0.05, 0) is 0 Å². The van der Waals surface area contributed by atoms with Crippen LogP contribution < -0.4 is 0 Å². The van der Waals surface area contributed by atoms with Gasteiger partial charge in [-0.1, -0.05) is 19.1 Å². The van der Waals surface area contributed by atoms with Gasteiger partial charge in [0.25, 0.3) is 0 Å². The van der Waals surface area contributed by atoms with Crippen LogP contribution in [-0.2, 0) is 0 Å². The Bertz CT molecular complexity index is 18.9. The molecule has 0 aromatic rings. The van der Waals surface area contributed by atoms with E-state index in [2.05, 4.69) is 0 Å². The van der Waals surface area contributed by atoms with Crippen LogP contribution in [0.4, 0.5) is 0 Å². The molecule has 0 spiro atoms. The van der Waals surface area contributed by atoms with Gasteiger partial charge >= 0.3 is 0 Å². The fraction of sp³-hybridized carbons (Fsp3) is 1.00. The lowest BCUT2D eigenvalue weighted by Gasteiger charge is -1.90. The Morgan fingerprint density at radius 1 is 1.80 bits per heavy atom. The highest BCUT2D eigenvalue weighted by Gasteiger charge is 1.79. The van der Waals surface area contributed by atoms with E-state index in [-0.39, 0.29) is 5.82 Å². The predicted octanol–water partition coefficient (Wildman–Crippen LogP) is 0.550. The summed E-state index contributed by atoms with van der Waals surface area (Å²) < 4.78 is 0. The van der Waals surface area contributed by atoms with Crippen molar-refractivity contribution >= 4 is 15.7 Å². The summed E-state index contributed by atoms with van der Waals surface area (Å²) in [4.78, 5) is 0. The van der Waals surface area contributed by atoms with Crippen molar-refractivity contribution in [1.29, 1.82) is 0 Å². The van der Waals surface area contributed by atoms with E-state index < -0.39 is 0 Å². The Morgan fingerprint density at radius 3 is 2.00 bits per heavy atom. The number of hydrogen-bond acceptors (Lipinski definition) is 0. The first-order valence-corrected chi connectivity index (χ1v) is 1.73. The highest BCUT2D eigenvalue weighted by atomic mass is 13.7. The van der Waals surface area contributed by atoms with Crippen LogP contribution in [0.5, 0.6) is 0 Å². The molecule has 0 aliphatic rings. The van der Waals surface area contributed by atoms with Crippen molar-refractivity contribution < 1.29 is 0 Å². The monoisotopic (exact) mass is 64.1 g/mol. The van der Waals surface area contributed by atoms with E-state index in [1.54, 1.807) is 0 Å². The van der Waals surface area contributed by atoms with Crippen molar-refractivity contribution in [3.8, 4) is 0 Å². The standard InChI is InChI=1S/C3H6B2/c1-3(5)2-4/h3H,2H2,1H3/t3-/m1/s1. The molecule has 2 heteroatoms. The molecule has 0 saturated carbocycles. The molecule has 0 aliphatic heterocycles. The van der Waals surface area contributed by atoms with Crippen molar-refractivity contribution in [3.63, 3.8) is 0 Å². The molecule has 0 aromatic carbocycles. The molecule has 0 heterocycles. The van der Waals surface area contributed by atoms with E-state index in [1.165, 1.54) is 0 Å². The summed E-state index contributed by atoms with van der Waals surface area (Å²) in [6, 6.07) is 0. The summed E-state index contributed by atoms with van der Waals surface area (Å²) in [5.41, 5.74) is 0. The molecule has 1 atom stereocenters. The molecule has 0 unspecified atom stereocenters. The molecule has 5 heavy (non-hydrogen) atoms. The Kier molecular flexibility index (Phi) is 2.43. The van der Waals surface area contributed by atoms with Crippen LogP contribution in [-0.4, -0.2) is 15.7 Å². The van der Waals surface area contributed by atoms with Crippen molar-refractivity contribution in [3.05, 3.63) is 0 Å². The van der Waals surface area contributed by atoms with Crippen LogP contribution in [0.2, 0.25) is 12.1 Å². The molecule has 0 aliphatic carbocycles. The fourth-order valence-corrected chi connectivity index (χ4v) is 0. The lowest BCUT2D eigenvalue weighted by Crippen LogP contribution is -1.79. The minimum absolute atomic E-state index is 0.162. The molecule has 0 N–H and O–H groups in total. The van der Waals surface area contributed by atoms with Crippen molar-refractivity contribution in [2.45, 2.75) is 19.1 Å². The maximum atomic E-state index is 5.17. The first-order chi connectivity index (χ1) is 2.27. The van der Waals surface area contributed by atoms with E-state index in [0.717, 1.165) is 0 Å². The zero-order valence-corrected chi connectivity index (χ0v) is 3.44. The summed E-state index contributed by atoms with van der Waals surface area (Å²) in [5.74, 6) is 0.162. The lowest BCUT2D eigenvalue weighted by molar-refractivity contribution is 1.07. The van der Waals surface area contributed by atoms with Gasteiger partial charge in [-0.25, -0.2) is 0 Å². The van der Waals surface area contributed by atoms with Crippen LogP contribution in [0.3, 0.4) is 0 Å². The third-order valence-electron chi connectivity index (χ3n) is 0.372. The van der Waals surface area contributed by atoms with Gasteiger partial charge in [0.15, 0.2) is 0 Å². The molecule has 0 bridgehead atoms. The van der Waals surface area contributed by atoms with Crippen molar-refractivity contribution in [1.82, 2.24) is 0 Å². The van der Waals surface area contributed by atoms with E-state index in [9.17, 15) is 0 Å². The second-order valence-corrected chi connectivity index (χ2v) is 1.21. The maximum Gasteiger partial charge on any atom is 0.0685 e. The second kappa shape index (κ2) is 2.37. The lowest BCUT2D eigenvalue weighted by atomic mass is 9.79. The average Bonchev–Trinajstić information content (AvgIpc) is 1.38. The highest BCUT2D eigenvalue weighted by Crippen LogP contribution is 1.96. The van der Waals surface area contributed by atoms with Crippen LogP contribution in [0.1, 0.15) is 6.92 Å². The van der Waals surface area contributed by atoms with E-state index in [1.807, 2.05) is 6.92 Å². The molecule has 4 radical (unpaired) electrons. The van der Waals surface area contributed by atoms with Crippen LogP contribution in [0, 0.1) is 0 Å². The second-order valence-electron chi connectivity index (χ2n) is 1.21. The van der Waals surface area contributed by atoms with Gasteiger partial charge in [-0.3, -0.25) is 0 Å². The largest absolute Gasteiger partial charge is 0.0938 e. The zero-order chi connectivity index (χ0) is 4.28. The average molecular weight is 63.7 g/mol. The summed E-state index contributed by atoms with van der Waals surface area (Å²) in [6.45, 7) is 1.88. The fourth-order valence-electron chi connectivity index (χ4n) is 0. The predicted molar refractivity (Wildman–Crippen MR) is 25.7 cm³/mol. The van der Waals surface area contributed by atoms with Gasteiger partial charge in [-0.2, -0.15) is 0 Å². The highest BCUT2D eigenvalue weighted by molar-refractivity contribution is 6.18. The minimum Gasteiger partial charge on any atom is -0.0938 e. The normalized spacial score (nSPS) is 14.6. The molecule has 0 fully saturated rings. The first-order valence-electron chi connectivity index (χ1n) is 1.73.